The van der Waals surface area contributed by atoms with E-state index in [0.717, 1.165) is 41.9 Å². The van der Waals surface area contributed by atoms with Gasteiger partial charge >= 0.3 is 6.18 Å². The summed E-state index contributed by atoms with van der Waals surface area (Å²) in [5, 5.41) is 1.30. The first kappa shape index (κ1) is 22.1. The largest absolute Gasteiger partial charge is 0.416 e. The predicted octanol–water partition coefficient (Wildman–Crippen LogP) is 6.20. The van der Waals surface area contributed by atoms with Crippen molar-refractivity contribution in [2.45, 2.75) is 6.18 Å². The molecule has 0 atom stereocenters. The zero-order valence-electron chi connectivity index (χ0n) is 15.6. The number of halogens is 4. The molecule has 0 aromatic heterocycles. The van der Waals surface area contributed by atoms with Crippen LogP contribution in [0.25, 0.3) is 0 Å². The molecule has 29 heavy (non-hydrogen) atoms. The summed E-state index contributed by atoms with van der Waals surface area (Å²) < 4.78 is 38.5. The molecule has 3 rings (SSSR count). The second-order valence-corrected chi connectivity index (χ2v) is 8.56. The summed E-state index contributed by atoms with van der Waals surface area (Å²) in [6, 6.07) is 11.9. The highest BCUT2D eigenvalue weighted by Gasteiger charge is 2.30. The lowest BCUT2D eigenvalue weighted by molar-refractivity contribution is -0.137. The molecule has 2 aromatic rings. The number of benzene rings is 2. The van der Waals surface area contributed by atoms with Crippen LogP contribution in [0.3, 0.4) is 0 Å². The number of hydrogen-bond donors (Lipinski definition) is 0. The molecule has 1 fully saturated rings. The van der Waals surface area contributed by atoms with Gasteiger partial charge in [0.25, 0.3) is 0 Å². The van der Waals surface area contributed by atoms with Crippen LogP contribution < -0.4 is 0 Å². The first-order chi connectivity index (χ1) is 13.9. The summed E-state index contributed by atoms with van der Waals surface area (Å²) >= 11 is 9.78. The highest BCUT2D eigenvalue weighted by molar-refractivity contribution is 8.13. The Morgan fingerprint density at radius 3 is 2.31 bits per heavy atom. The Labute approximate surface area is 181 Å². The van der Waals surface area contributed by atoms with E-state index in [1.165, 1.54) is 23.9 Å². The highest BCUT2D eigenvalue weighted by atomic mass is 35.5. The molecule has 0 unspecified atom stereocenters. The van der Waals surface area contributed by atoms with Crippen LogP contribution in [0.2, 0.25) is 5.02 Å². The van der Waals surface area contributed by atoms with Gasteiger partial charge in [0.2, 0.25) is 0 Å². The fraction of sp³-hybridized carbons (Fsp3) is 0.300. The Hall–Kier alpha value is -1.64. The van der Waals surface area contributed by atoms with E-state index in [2.05, 4.69) is 9.89 Å². The topological polar surface area (TPSA) is 28.0 Å². The average Bonchev–Trinajstić information content (AvgIpc) is 2.72. The van der Waals surface area contributed by atoms with Crippen molar-refractivity contribution in [2.24, 2.45) is 9.98 Å². The molecule has 1 aliphatic heterocycles. The molecule has 1 aliphatic rings. The maximum Gasteiger partial charge on any atom is 0.416 e. The summed E-state index contributed by atoms with van der Waals surface area (Å²) in [5.74, 6) is 2.42. The SMILES string of the molecule is CS/C(=N\C(=N\c1ccc(C(F)(F)F)cc1)c1ccccc1Cl)N1CCSCC1. The van der Waals surface area contributed by atoms with Crippen molar-refractivity contribution in [1.82, 2.24) is 4.90 Å². The van der Waals surface area contributed by atoms with Gasteiger partial charge in [-0.2, -0.15) is 24.9 Å². The van der Waals surface area contributed by atoms with Gasteiger partial charge in [0.15, 0.2) is 11.0 Å². The number of hydrogen-bond acceptors (Lipinski definition) is 3. The van der Waals surface area contributed by atoms with Gasteiger partial charge in [0, 0.05) is 30.2 Å². The molecule has 0 aliphatic carbocycles. The van der Waals surface area contributed by atoms with Crippen LogP contribution in [0.5, 0.6) is 0 Å². The Kier molecular flexibility index (Phi) is 7.54. The van der Waals surface area contributed by atoms with E-state index in [1.807, 2.05) is 30.2 Å². The lowest BCUT2D eigenvalue weighted by Gasteiger charge is -2.28. The van der Waals surface area contributed by atoms with Crippen molar-refractivity contribution < 1.29 is 13.2 Å². The van der Waals surface area contributed by atoms with Crippen molar-refractivity contribution in [2.75, 3.05) is 30.9 Å². The van der Waals surface area contributed by atoms with E-state index in [0.29, 0.717) is 22.1 Å². The second-order valence-electron chi connectivity index (χ2n) is 6.16. The zero-order chi connectivity index (χ0) is 20.9. The Balaban J connectivity index is 2.02. The smallest absolute Gasteiger partial charge is 0.349 e. The van der Waals surface area contributed by atoms with E-state index in [1.54, 1.807) is 12.1 Å². The van der Waals surface area contributed by atoms with Crippen LogP contribution in [-0.2, 0) is 6.18 Å². The lowest BCUT2D eigenvalue weighted by Crippen LogP contribution is -2.36. The third-order valence-electron chi connectivity index (χ3n) is 4.21. The third kappa shape index (κ3) is 5.93. The number of amidine groups is 2. The zero-order valence-corrected chi connectivity index (χ0v) is 18.0. The first-order valence-electron chi connectivity index (χ1n) is 8.84. The van der Waals surface area contributed by atoms with Gasteiger partial charge in [-0.05, 0) is 42.7 Å². The number of rotatable bonds is 2. The third-order valence-corrected chi connectivity index (χ3v) is 6.20. The molecule has 3 nitrogen and oxygen atoms in total. The molecule has 1 heterocycles. The molecule has 0 spiro atoms. The number of nitrogens with zero attached hydrogens (tertiary/aromatic N) is 3. The minimum atomic E-state index is -4.38. The van der Waals surface area contributed by atoms with E-state index in [4.69, 9.17) is 16.6 Å². The molecule has 0 saturated carbocycles. The number of alkyl halides is 3. The van der Waals surface area contributed by atoms with Gasteiger partial charge in [-0.25, -0.2) is 9.98 Å². The minimum absolute atomic E-state index is 0.373. The summed E-state index contributed by atoms with van der Waals surface area (Å²) in [6.45, 7) is 1.78. The molecule has 2 aromatic carbocycles. The van der Waals surface area contributed by atoms with Gasteiger partial charge in [0.05, 0.1) is 16.3 Å². The van der Waals surface area contributed by atoms with Gasteiger partial charge in [-0.3, -0.25) is 0 Å². The Morgan fingerprint density at radius 1 is 1.07 bits per heavy atom. The van der Waals surface area contributed by atoms with Crippen molar-refractivity contribution >= 4 is 51.8 Å². The molecular formula is C20H19ClF3N3S2. The lowest BCUT2D eigenvalue weighted by atomic mass is 10.2. The predicted molar refractivity (Wildman–Crippen MR) is 119 cm³/mol. The van der Waals surface area contributed by atoms with Gasteiger partial charge in [-0.15, -0.1) is 0 Å². The summed E-state index contributed by atoms with van der Waals surface area (Å²) in [7, 11) is 0. The van der Waals surface area contributed by atoms with Gasteiger partial charge in [0.1, 0.15) is 0 Å². The summed E-state index contributed by atoms with van der Waals surface area (Å²) in [5.41, 5.74) is 0.299. The maximum atomic E-state index is 12.8. The van der Waals surface area contributed by atoms with E-state index >= 15 is 0 Å². The standard InChI is InChI=1S/C20H19ClF3N3S2/c1-28-19(27-10-12-29-13-11-27)26-18(16-4-2-3-5-17(16)21)25-15-8-6-14(7-9-15)20(22,23)24/h2-9H,10-13H2,1H3/b25-18+,26-19-. The first-order valence-corrected chi connectivity index (χ1v) is 11.6. The maximum absolute atomic E-state index is 12.8. The number of thioether (sulfide) groups is 2. The van der Waals surface area contributed by atoms with Crippen molar-refractivity contribution in [1.29, 1.82) is 0 Å². The normalized spacial score (nSPS) is 16.2. The molecule has 9 heteroatoms. The Bertz CT molecular complexity index is 893. The summed E-state index contributed by atoms with van der Waals surface area (Å²) in [6.07, 6.45) is -2.44. The minimum Gasteiger partial charge on any atom is -0.349 e. The monoisotopic (exact) mass is 457 g/mol. The molecule has 154 valence electrons. The fourth-order valence-corrected chi connectivity index (χ4v) is 4.47. The number of aliphatic imine (C=N–C) groups is 2. The fourth-order valence-electron chi connectivity index (χ4n) is 2.73. The van der Waals surface area contributed by atoms with Crippen LogP contribution in [0.4, 0.5) is 18.9 Å². The van der Waals surface area contributed by atoms with Gasteiger partial charge < -0.3 is 4.90 Å². The van der Waals surface area contributed by atoms with Crippen molar-refractivity contribution in [3.8, 4) is 0 Å². The molecule has 1 saturated heterocycles. The van der Waals surface area contributed by atoms with Crippen LogP contribution in [0.15, 0.2) is 58.5 Å². The van der Waals surface area contributed by atoms with Crippen LogP contribution >= 0.6 is 35.1 Å². The van der Waals surface area contributed by atoms with E-state index in [-0.39, 0.29) is 0 Å². The molecule has 0 radical (unpaired) electrons. The van der Waals surface area contributed by atoms with E-state index < -0.39 is 11.7 Å². The molecule has 0 amide bonds. The van der Waals surface area contributed by atoms with E-state index in [9.17, 15) is 13.2 Å². The van der Waals surface area contributed by atoms with Crippen molar-refractivity contribution in [3.63, 3.8) is 0 Å². The van der Waals surface area contributed by atoms with Crippen LogP contribution in [-0.4, -0.2) is 46.8 Å². The molecule has 0 bridgehead atoms. The summed E-state index contributed by atoms with van der Waals surface area (Å²) in [4.78, 5) is 11.5. The van der Waals surface area contributed by atoms with Crippen molar-refractivity contribution in [3.05, 3.63) is 64.7 Å². The van der Waals surface area contributed by atoms with Crippen LogP contribution in [0.1, 0.15) is 11.1 Å². The average molecular weight is 458 g/mol. The highest BCUT2D eigenvalue weighted by Crippen LogP contribution is 2.31. The molecular weight excluding hydrogens is 439 g/mol. The molecule has 0 N–H and O–H groups in total. The second kappa shape index (κ2) is 9.91. The van der Waals surface area contributed by atoms with Gasteiger partial charge in [-0.1, -0.05) is 35.5 Å². The van der Waals surface area contributed by atoms with Crippen LogP contribution in [0, 0.1) is 0 Å². The Morgan fingerprint density at radius 2 is 1.72 bits per heavy atom. The quantitative estimate of drug-likeness (QED) is 0.396.